The number of aliphatic hydroxyl groups excluding tert-OH is 1. The van der Waals surface area contributed by atoms with Crippen molar-refractivity contribution in [2.45, 2.75) is 32.0 Å². The lowest BCUT2D eigenvalue weighted by molar-refractivity contribution is 0.0802. The van der Waals surface area contributed by atoms with Crippen molar-refractivity contribution >= 4 is 15.9 Å². The van der Waals surface area contributed by atoms with Crippen LogP contribution in [0, 0.1) is 11.7 Å². The van der Waals surface area contributed by atoms with Crippen LogP contribution in [0.2, 0.25) is 0 Å². The van der Waals surface area contributed by atoms with Gasteiger partial charge in [-0.15, -0.1) is 0 Å². The first-order valence-electron chi connectivity index (χ1n) is 5.80. The Balaban J connectivity index is 2.02. The highest BCUT2D eigenvalue weighted by atomic mass is 79.9. The van der Waals surface area contributed by atoms with E-state index in [1.54, 1.807) is 12.1 Å². The summed E-state index contributed by atoms with van der Waals surface area (Å²) in [4.78, 5) is 0. The molecular formula is C13H16BrFO2. The monoisotopic (exact) mass is 302 g/mol. The molecule has 0 radical (unpaired) electrons. The zero-order chi connectivity index (χ0) is 12.4. The van der Waals surface area contributed by atoms with Crippen LogP contribution in [0.1, 0.15) is 18.9 Å². The van der Waals surface area contributed by atoms with Crippen LogP contribution in [0.5, 0.6) is 0 Å². The Bertz CT molecular complexity index is 397. The molecule has 1 saturated heterocycles. The van der Waals surface area contributed by atoms with E-state index >= 15 is 0 Å². The van der Waals surface area contributed by atoms with Crippen molar-refractivity contribution in [3.05, 3.63) is 34.1 Å². The van der Waals surface area contributed by atoms with E-state index in [1.807, 2.05) is 6.92 Å². The quantitative estimate of drug-likeness (QED) is 0.930. The molecule has 2 rings (SSSR count). The maximum atomic E-state index is 13.5. The molecule has 94 valence electrons. The van der Waals surface area contributed by atoms with Crippen LogP contribution >= 0.6 is 15.9 Å². The van der Waals surface area contributed by atoms with Crippen LogP contribution in [0.15, 0.2) is 22.7 Å². The second-order valence-corrected chi connectivity index (χ2v) is 5.56. The first-order valence-corrected chi connectivity index (χ1v) is 6.59. The summed E-state index contributed by atoms with van der Waals surface area (Å²) in [5.41, 5.74) is 0.548. The van der Waals surface area contributed by atoms with Crippen molar-refractivity contribution in [3.8, 4) is 0 Å². The minimum absolute atomic E-state index is 0.114. The summed E-state index contributed by atoms with van der Waals surface area (Å²) in [5, 5.41) is 10.1. The molecule has 1 aliphatic heterocycles. The minimum Gasteiger partial charge on any atom is -0.392 e. The number of hydrogen-bond acceptors (Lipinski definition) is 2. The molecule has 1 aliphatic rings. The standard InChI is InChI=1S/C13H16BrFO2/c1-8-4-10(7-17-8)13(16)6-9-5-11(14)2-3-12(9)15/h2-3,5,8,10,13,16H,4,6-7H2,1H3. The minimum atomic E-state index is -0.538. The highest BCUT2D eigenvalue weighted by molar-refractivity contribution is 9.10. The van der Waals surface area contributed by atoms with Gasteiger partial charge in [-0.3, -0.25) is 0 Å². The lowest BCUT2D eigenvalue weighted by atomic mass is 9.94. The summed E-state index contributed by atoms with van der Waals surface area (Å²) in [6.45, 7) is 2.56. The first kappa shape index (κ1) is 13.0. The highest BCUT2D eigenvalue weighted by Crippen LogP contribution is 2.25. The van der Waals surface area contributed by atoms with E-state index in [0.717, 1.165) is 10.9 Å². The lowest BCUT2D eigenvalue weighted by Gasteiger charge is -2.17. The highest BCUT2D eigenvalue weighted by Gasteiger charge is 2.28. The molecule has 1 fully saturated rings. The van der Waals surface area contributed by atoms with Crippen LogP contribution in [-0.4, -0.2) is 23.9 Å². The summed E-state index contributed by atoms with van der Waals surface area (Å²) >= 11 is 3.31. The molecular weight excluding hydrogens is 287 g/mol. The number of aliphatic hydroxyl groups is 1. The molecule has 17 heavy (non-hydrogen) atoms. The van der Waals surface area contributed by atoms with Gasteiger partial charge in [0.25, 0.3) is 0 Å². The van der Waals surface area contributed by atoms with Crippen molar-refractivity contribution < 1.29 is 14.2 Å². The maximum Gasteiger partial charge on any atom is 0.126 e. The van der Waals surface area contributed by atoms with Crippen LogP contribution in [0.4, 0.5) is 4.39 Å². The van der Waals surface area contributed by atoms with Gasteiger partial charge >= 0.3 is 0 Å². The Morgan fingerprint density at radius 2 is 2.35 bits per heavy atom. The third-order valence-electron chi connectivity index (χ3n) is 3.21. The molecule has 0 amide bonds. The Hall–Kier alpha value is -0.450. The predicted molar refractivity (Wildman–Crippen MR) is 67.3 cm³/mol. The van der Waals surface area contributed by atoms with Crippen LogP contribution < -0.4 is 0 Å². The van der Waals surface area contributed by atoms with E-state index in [4.69, 9.17) is 4.74 Å². The molecule has 1 aromatic rings. The van der Waals surface area contributed by atoms with E-state index in [-0.39, 0.29) is 17.8 Å². The fraction of sp³-hybridized carbons (Fsp3) is 0.538. The summed E-state index contributed by atoms with van der Waals surface area (Å²) in [6.07, 6.45) is 0.841. The zero-order valence-electron chi connectivity index (χ0n) is 9.70. The molecule has 3 unspecified atom stereocenters. The van der Waals surface area contributed by atoms with Gasteiger partial charge in [-0.2, -0.15) is 0 Å². The van der Waals surface area contributed by atoms with Crippen LogP contribution in [0.3, 0.4) is 0 Å². The van der Waals surface area contributed by atoms with E-state index in [9.17, 15) is 9.50 Å². The van der Waals surface area contributed by atoms with Crippen molar-refractivity contribution in [1.29, 1.82) is 0 Å². The van der Waals surface area contributed by atoms with Crippen molar-refractivity contribution in [2.75, 3.05) is 6.61 Å². The van der Waals surface area contributed by atoms with Crippen molar-refractivity contribution in [1.82, 2.24) is 0 Å². The van der Waals surface area contributed by atoms with Gasteiger partial charge in [0.05, 0.1) is 18.8 Å². The SMILES string of the molecule is CC1CC(C(O)Cc2cc(Br)ccc2F)CO1. The fourth-order valence-electron chi connectivity index (χ4n) is 2.21. The van der Waals surface area contributed by atoms with Gasteiger partial charge in [0.2, 0.25) is 0 Å². The molecule has 3 atom stereocenters. The third-order valence-corrected chi connectivity index (χ3v) is 3.70. The Morgan fingerprint density at radius 1 is 1.59 bits per heavy atom. The lowest BCUT2D eigenvalue weighted by Crippen LogP contribution is -2.23. The fourth-order valence-corrected chi connectivity index (χ4v) is 2.62. The van der Waals surface area contributed by atoms with Gasteiger partial charge in [-0.05, 0) is 37.1 Å². The summed E-state index contributed by atoms with van der Waals surface area (Å²) in [6, 6.07) is 4.80. The molecule has 1 aromatic carbocycles. The first-order chi connectivity index (χ1) is 8.06. The van der Waals surface area contributed by atoms with Gasteiger partial charge in [0.15, 0.2) is 0 Å². The van der Waals surface area contributed by atoms with E-state index in [0.29, 0.717) is 18.6 Å². The van der Waals surface area contributed by atoms with Crippen LogP contribution in [0.25, 0.3) is 0 Å². The Kier molecular flexibility index (Phi) is 4.17. The summed E-state index contributed by atoms with van der Waals surface area (Å²) in [7, 11) is 0. The topological polar surface area (TPSA) is 29.5 Å². The average Bonchev–Trinajstić information content (AvgIpc) is 2.70. The number of benzene rings is 1. The molecule has 1 N–H and O–H groups in total. The number of rotatable bonds is 3. The molecule has 4 heteroatoms. The Morgan fingerprint density at radius 3 is 3.00 bits per heavy atom. The summed E-state index contributed by atoms with van der Waals surface area (Å²) in [5.74, 6) is -0.150. The van der Waals surface area contributed by atoms with E-state index < -0.39 is 6.10 Å². The molecule has 0 aromatic heterocycles. The molecule has 0 aliphatic carbocycles. The van der Waals surface area contributed by atoms with Gasteiger partial charge in [0, 0.05) is 16.8 Å². The van der Waals surface area contributed by atoms with Crippen molar-refractivity contribution in [2.24, 2.45) is 5.92 Å². The molecule has 1 heterocycles. The Labute approximate surface area is 109 Å². The largest absolute Gasteiger partial charge is 0.392 e. The normalized spacial score (nSPS) is 26.1. The summed E-state index contributed by atoms with van der Waals surface area (Å²) < 4.78 is 19.8. The van der Waals surface area contributed by atoms with E-state index in [1.165, 1.54) is 6.07 Å². The van der Waals surface area contributed by atoms with Gasteiger partial charge in [-0.1, -0.05) is 15.9 Å². The smallest absolute Gasteiger partial charge is 0.126 e. The number of ether oxygens (including phenoxy) is 1. The maximum absolute atomic E-state index is 13.5. The van der Waals surface area contributed by atoms with Crippen molar-refractivity contribution in [3.63, 3.8) is 0 Å². The van der Waals surface area contributed by atoms with Gasteiger partial charge < -0.3 is 9.84 Å². The number of halogens is 2. The molecule has 0 bridgehead atoms. The molecule has 0 spiro atoms. The van der Waals surface area contributed by atoms with E-state index in [2.05, 4.69) is 15.9 Å². The van der Waals surface area contributed by atoms with Gasteiger partial charge in [-0.25, -0.2) is 4.39 Å². The second kappa shape index (κ2) is 5.46. The predicted octanol–water partition coefficient (Wildman–Crippen LogP) is 2.92. The average molecular weight is 303 g/mol. The third kappa shape index (κ3) is 3.27. The van der Waals surface area contributed by atoms with Crippen LogP contribution in [-0.2, 0) is 11.2 Å². The van der Waals surface area contributed by atoms with Gasteiger partial charge in [0.1, 0.15) is 5.82 Å². The molecule has 0 saturated carbocycles. The second-order valence-electron chi connectivity index (χ2n) is 4.65. The molecule has 2 nitrogen and oxygen atoms in total. The zero-order valence-corrected chi connectivity index (χ0v) is 11.3. The number of hydrogen-bond donors (Lipinski definition) is 1.